The van der Waals surface area contributed by atoms with E-state index in [2.05, 4.69) is 5.32 Å². The van der Waals surface area contributed by atoms with Crippen LogP contribution in [-0.2, 0) is 10.0 Å². The van der Waals surface area contributed by atoms with E-state index in [1.807, 2.05) is 0 Å². The molecule has 0 radical (unpaired) electrons. The van der Waals surface area contributed by atoms with Crippen LogP contribution in [0.1, 0.15) is 12.8 Å². The molecule has 1 saturated heterocycles. The van der Waals surface area contributed by atoms with Crippen LogP contribution in [0.3, 0.4) is 0 Å². The van der Waals surface area contributed by atoms with Gasteiger partial charge in [0.15, 0.2) is 0 Å². The first-order valence-electron chi connectivity index (χ1n) is 5.34. The predicted octanol–water partition coefficient (Wildman–Crippen LogP) is 1.07. The molecule has 7 heteroatoms. The van der Waals surface area contributed by atoms with Gasteiger partial charge in [-0.2, -0.15) is 4.31 Å². The SMILES string of the molecule is CN(C1CCNCC1)S(=O)(=O)c1ccco1.Cl. The molecule has 0 spiro atoms. The second-order valence-corrected chi connectivity index (χ2v) is 5.86. The first-order chi connectivity index (χ1) is 7.62. The zero-order valence-electron chi connectivity index (χ0n) is 9.63. The molecule has 0 saturated carbocycles. The molecule has 98 valence electrons. The fourth-order valence-electron chi connectivity index (χ4n) is 1.92. The Balaban J connectivity index is 0.00000144. The van der Waals surface area contributed by atoms with Crippen molar-refractivity contribution in [3.8, 4) is 0 Å². The third-order valence-corrected chi connectivity index (χ3v) is 4.75. The molecule has 0 atom stereocenters. The van der Waals surface area contributed by atoms with Gasteiger partial charge in [-0.1, -0.05) is 0 Å². The van der Waals surface area contributed by atoms with Crippen molar-refractivity contribution in [3.05, 3.63) is 18.4 Å². The molecule has 2 rings (SSSR count). The number of piperidine rings is 1. The lowest BCUT2D eigenvalue weighted by molar-refractivity contribution is 0.289. The van der Waals surface area contributed by atoms with Gasteiger partial charge in [-0.3, -0.25) is 0 Å². The van der Waals surface area contributed by atoms with Crippen LogP contribution >= 0.6 is 12.4 Å². The molecule has 0 aliphatic carbocycles. The van der Waals surface area contributed by atoms with Gasteiger partial charge in [-0.25, -0.2) is 8.42 Å². The standard InChI is InChI=1S/C10H16N2O3S.ClH/c1-12(9-4-6-11-7-5-9)16(13,14)10-3-2-8-15-10;/h2-3,8-9,11H,4-7H2,1H3;1H. The van der Waals surface area contributed by atoms with Gasteiger partial charge in [0.05, 0.1) is 6.26 Å². The van der Waals surface area contributed by atoms with Crippen LogP contribution in [0.15, 0.2) is 27.9 Å². The Bertz CT molecular complexity index is 426. The van der Waals surface area contributed by atoms with Crippen molar-refractivity contribution < 1.29 is 12.8 Å². The fraction of sp³-hybridized carbons (Fsp3) is 0.600. The summed E-state index contributed by atoms with van der Waals surface area (Å²) in [5.41, 5.74) is 0. The highest BCUT2D eigenvalue weighted by molar-refractivity contribution is 7.89. The molecule has 1 aliphatic rings. The number of nitrogens with one attached hydrogen (secondary N) is 1. The average molecular weight is 281 g/mol. The molecule has 5 nitrogen and oxygen atoms in total. The number of furan rings is 1. The molecule has 1 aliphatic heterocycles. The van der Waals surface area contributed by atoms with Crippen molar-refractivity contribution in [2.24, 2.45) is 0 Å². The molecule has 0 amide bonds. The van der Waals surface area contributed by atoms with Gasteiger partial charge in [0.1, 0.15) is 0 Å². The molecule has 0 unspecified atom stereocenters. The van der Waals surface area contributed by atoms with Crippen LogP contribution in [-0.4, -0.2) is 38.9 Å². The summed E-state index contributed by atoms with van der Waals surface area (Å²) in [6.07, 6.45) is 3.07. The molecule has 1 aromatic rings. The third kappa shape index (κ3) is 3.01. The summed E-state index contributed by atoms with van der Waals surface area (Å²) in [6.45, 7) is 1.73. The van der Waals surface area contributed by atoms with Crippen molar-refractivity contribution in [2.45, 2.75) is 24.0 Å². The van der Waals surface area contributed by atoms with Crippen LogP contribution in [0, 0.1) is 0 Å². The summed E-state index contributed by atoms with van der Waals surface area (Å²) in [7, 11) is -1.84. The Morgan fingerprint density at radius 1 is 1.41 bits per heavy atom. The zero-order valence-corrected chi connectivity index (χ0v) is 11.3. The van der Waals surface area contributed by atoms with Crippen molar-refractivity contribution in [1.82, 2.24) is 9.62 Å². The van der Waals surface area contributed by atoms with Gasteiger partial charge in [0, 0.05) is 13.1 Å². The molecule has 0 aromatic carbocycles. The second kappa shape index (κ2) is 5.86. The Labute approximate surface area is 108 Å². The van der Waals surface area contributed by atoms with E-state index in [1.165, 1.54) is 16.6 Å². The molecular formula is C10H17ClN2O3S. The zero-order chi connectivity index (χ0) is 11.6. The van der Waals surface area contributed by atoms with Gasteiger partial charge >= 0.3 is 0 Å². The second-order valence-electron chi connectivity index (χ2n) is 3.93. The van der Waals surface area contributed by atoms with Crippen LogP contribution in [0.2, 0.25) is 0 Å². The summed E-state index contributed by atoms with van der Waals surface area (Å²) in [5.74, 6) is 0. The lowest BCUT2D eigenvalue weighted by Gasteiger charge is -2.29. The van der Waals surface area contributed by atoms with E-state index >= 15 is 0 Å². The molecule has 17 heavy (non-hydrogen) atoms. The van der Waals surface area contributed by atoms with Crippen molar-refractivity contribution in [3.63, 3.8) is 0 Å². The summed E-state index contributed by atoms with van der Waals surface area (Å²) in [4.78, 5) is 0. The van der Waals surface area contributed by atoms with Crippen LogP contribution in [0.4, 0.5) is 0 Å². The molecule has 2 heterocycles. The highest BCUT2D eigenvalue weighted by atomic mass is 35.5. The Morgan fingerprint density at radius 3 is 2.59 bits per heavy atom. The summed E-state index contributed by atoms with van der Waals surface area (Å²) in [5, 5.41) is 3.23. The Hall–Kier alpha value is -0.560. The lowest BCUT2D eigenvalue weighted by Crippen LogP contribution is -2.43. The van der Waals surface area contributed by atoms with Crippen LogP contribution in [0.25, 0.3) is 0 Å². The maximum Gasteiger partial charge on any atom is 0.276 e. The fourth-order valence-corrected chi connectivity index (χ4v) is 3.23. The topological polar surface area (TPSA) is 62.6 Å². The van der Waals surface area contributed by atoms with Gasteiger partial charge in [0.25, 0.3) is 10.0 Å². The normalized spacial score (nSPS) is 18.0. The van der Waals surface area contributed by atoms with Gasteiger partial charge in [-0.15, -0.1) is 12.4 Å². The van der Waals surface area contributed by atoms with Crippen molar-refractivity contribution in [2.75, 3.05) is 20.1 Å². The first kappa shape index (κ1) is 14.5. The average Bonchev–Trinajstić information content (AvgIpc) is 2.83. The van der Waals surface area contributed by atoms with Gasteiger partial charge in [0.2, 0.25) is 5.09 Å². The van der Waals surface area contributed by atoms with Gasteiger partial charge < -0.3 is 9.73 Å². The number of hydrogen-bond acceptors (Lipinski definition) is 4. The van der Waals surface area contributed by atoms with E-state index < -0.39 is 10.0 Å². The number of nitrogens with zero attached hydrogens (tertiary/aromatic N) is 1. The molecular weight excluding hydrogens is 264 g/mol. The molecule has 0 bridgehead atoms. The van der Waals surface area contributed by atoms with E-state index in [9.17, 15) is 8.42 Å². The van der Waals surface area contributed by atoms with Crippen LogP contribution < -0.4 is 5.32 Å². The van der Waals surface area contributed by atoms with E-state index in [4.69, 9.17) is 4.42 Å². The number of sulfonamides is 1. The van der Waals surface area contributed by atoms with E-state index in [0.717, 1.165) is 25.9 Å². The maximum absolute atomic E-state index is 12.1. The molecule has 1 aromatic heterocycles. The first-order valence-corrected chi connectivity index (χ1v) is 6.78. The van der Waals surface area contributed by atoms with E-state index in [-0.39, 0.29) is 23.5 Å². The van der Waals surface area contributed by atoms with Crippen molar-refractivity contribution >= 4 is 22.4 Å². The third-order valence-electron chi connectivity index (χ3n) is 2.95. The quantitative estimate of drug-likeness (QED) is 0.900. The monoisotopic (exact) mass is 280 g/mol. The minimum Gasteiger partial charge on any atom is -0.452 e. The van der Waals surface area contributed by atoms with Crippen molar-refractivity contribution in [1.29, 1.82) is 0 Å². The Kier molecular flexibility index (Phi) is 5.00. The minimum atomic E-state index is -3.46. The highest BCUT2D eigenvalue weighted by Crippen LogP contribution is 2.20. The maximum atomic E-state index is 12.1. The summed E-state index contributed by atoms with van der Waals surface area (Å²) < 4.78 is 30.6. The van der Waals surface area contributed by atoms with E-state index in [1.54, 1.807) is 13.1 Å². The minimum absolute atomic E-state index is 0. The van der Waals surface area contributed by atoms with Gasteiger partial charge in [-0.05, 0) is 38.1 Å². The number of hydrogen-bond donors (Lipinski definition) is 1. The number of rotatable bonds is 3. The summed E-state index contributed by atoms with van der Waals surface area (Å²) in [6, 6.07) is 3.13. The lowest BCUT2D eigenvalue weighted by atomic mass is 10.1. The molecule has 1 N–H and O–H groups in total. The summed E-state index contributed by atoms with van der Waals surface area (Å²) >= 11 is 0. The predicted molar refractivity (Wildman–Crippen MR) is 66.8 cm³/mol. The van der Waals surface area contributed by atoms with Crippen LogP contribution in [0.5, 0.6) is 0 Å². The smallest absolute Gasteiger partial charge is 0.276 e. The number of halogens is 1. The largest absolute Gasteiger partial charge is 0.452 e. The highest BCUT2D eigenvalue weighted by Gasteiger charge is 2.30. The molecule has 1 fully saturated rings. The van der Waals surface area contributed by atoms with E-state index in [0.29, 0.717) is 0 Å². The Morgan fingerprint density at radius 2 is 2.06 bits per heavy atom.